The fourth-order valence-corrected chi connectivity index (χ4v) is 2.82. The van der Waals surface area contributed by atoms with E-state index in [-0.39, 0.29) is 6.03 Å². The van der Waals surface area contributed by atoms with E-state index >= 15 is 0 Å². The minimum atomic E-state index is 0.258. The molecule has 0 aromatic carbocycles. The van der Waals surface area contributed by atoms with Gasteiger partial charge in [-0.25, -0.2) is 4.79 Å². The van der Waals surface area contributed by atoms with Gasteiger partial charge < -0.3 is 20.0 Å². The number of unbranched alkanes of at least 4 members (excludes halogenated alkanes) is 1. The highest BCUT2D eigenvalue weighted by Crippen LogP contribution is 2.10. The Bertz CT molecular complexity index is 279. The molecule has 2 rings (SSSR count). The van der Waals surface area contributed by atoms with E-state index in [1.54, 1.807) is 0 Å². The third kappa shape index (κ3) is 4.35. The first kappa shape index (κ1) is 14.6. The lowest BCUT2D eigenvalue weighted by Crippen LogP contribution is -2.44. The van der Waals surface area contributed by atoms with Gasteiger partial charge in [-0.1, -0.05) is 13.3 Å². The molecule has 0 aromatic rings. The van der Waals surface area contributed by atoms with Crippen molar-refractivity contribution in [3.05, 3.63) is 0 Å². The fourth-order valence-electron chi connectivity index (χ4n) is 2.82. The molecule has 0 unspecified atom stereocenters. The second-order valence-electron chi connectivity index (χ2n) is 5.56. The largest absolute Gasteiger partial charge is 0.323 e. The van der Waals surface area contributed by atoms with E-state index in [1.807, 2.05) is 9.80 Å². The highest BCUT2D eigenvalue weighted by Gasteiger charge is 2.27. The van der Waals surface area contributed by atoms with Crippen LogP contribution in [-0.2, 0) is 0 Å². The minimum absolute atomic E-state index is 0.258. The molecule has 0 bridgehead atoms. The van der Waals surface area contributed by atoms with E-state index in [1.165, 1.54) is 0 Å². The molecule has 2 saturated heterocycles. The van der Waals surface area contributed by atoms with E-state index < -0.39 is 0 Å². The number of hydrogen-bond acceptors (Lipinski definition) is 3. The summed E-state index contributed by atoms with van der Waals surface area (Å²) in [4.78, 5) is 18.6. The zero-order valence-electron chi connectivity index (χ0n) is 12.2. The summed E-state index contributed by atoms with van der Waals surface area (Å²) in [5, 5.41) is 3.37. The Labute approximate surface area is 116 Å². The third-order valence-electron chi connectivity index (χ3n) is 4.07. The monoisotopic (exact) mass is 268 g/mol. The average Bonchev–Trinajstić information content (AvgIpc) is 2.79. The predicted molar refractivity (Wildman–Crippen MR) is 77.4 cm³/mol. The van der Waals surface area contributed by atoms with E-state index in [2.05, 4.69) is 17.1 Å². The molecule has 2 aliphatic heterocycles. The molecule has 0 spiro atoms. The molecule has 2 amide bonds. The second kappa shape index (κ2) is 7.70. The minimum Gasteiger partial charge on any atom is -0.323 e. The highest BCUT2D eigenvalue weighted by atomic mass is 16.2. The van der Waals surface area contributed by atoms with E-state index in [0.717, 1.165) is 78.2 Å². The van der Waals surface area contributed by atoms with Crippen molar-refractivity contribution in [3.8, 4) is 0 Å². The van der Waals surface area contributed by atoms with Crippen LogP contribution in [-0.4, -0.2) is 79.6 Å². The van der Waals surface area contributed by atoms with Gasteiger partial charge in [0.05, 0.1) is 0 Å². The Morgan fingerprint density at radius 1 is 0.947 bits per heavy atom. The zero-order valence-corrected chi connectivity index (χ0v) is 12.2. The van der Waals surface area contributed by atoms with Gasteiger partial charge in [-0.2, -0.15) is 0 Å². The van der Waals surface area contributed by atoms with Crippen molar-refractivity contribution in [2.45, 2.75) is 26.2 Å². The molecule has 0 aliphatic carbocycles. The number of rotatable bonds is 7. The summed E-state index contributed by atoms with van der Waals surface area (Å²) in [5.74, 6) is 0. The first-order chi connectivity index (χ1) is 9.31. The summed E-state index contributed by atoms with van der Waals surface area (Å²) in [5.41, 5.74) is 0. The van der Waals surface area contributed by atoms with Crippen LogP contribution in [0.1, 0.15) is 26.2 Å². The van der Waals surface area contributed by atoms with Crippen molar-refractivity contribution in [2.75, 3.05) is 58.9 Å². The summed E-state index contributed by atoms with van der Waals surface area (Å²) in [6.45, 7) is 11.5. The highest BCUT2D eigenvalue weighted by molar-refractivity contribution is 5.76. The summed E-state index contributed by atoms with van der Waals surface area (Å²) in [6.07, 6.45) is 3.39. The average molecular weight is 268 g/mol. The van der Waals surface area contributed by atoms with E-state index in [9.17, 15) is 4.79 Å². The molecule has 0 aromatic heterocycles. The molecule has 2 heterocycles. The van der Waals surface area contributed by atoms with Gasteiger partial charge in [0.2, 0.25) is 0 Å². The Morgan fingerprint density at radius 3 is 2.21 bits per heavy atom. The lowest BCUT2D eigenvalue weighted by Gasteiger charge is -2.27. The van der Waals surface area contributed by atoms with Gasteiger partial charge in [0.1, 0.15) is 0 Å². The van der Waals surface area contributed by atoms with Gasteiger partial charge in [-0.3, -0.25) is 0 Å². The molecule has 5 nitrogen and oxygen atoms in total. The molecule has 5 heteroatoms. The Morgan fingerprint density at radius 2 is 1.58 bits per heavy atom. The van der Waals surface area contributed by atoms with E-state index in [0.29, 0.717) is 0 Å². The number of carbonyl (C=O) groups excluding carboxylic acids is 1. The number of carbonyl (C=O) groups is 1. The molecule has 110 valence electrons. The molecule has 1 N–H and O–H groups in total. The summed E-state index contributed by atoms with van der Waals surface area (Å²) >= 11 is 0. The standard InChI is InChI=1S/C14H28N4O/c1-2-3-8-17-12-13-18(14(17)19)9-4-7-16-10-5-15-6-11-16/h15H,2-13H2,1H3. The summed E-state index contributed by atoms with van der Waals surface area (Å²) < 4.78 is 0. The number of amides is 2. The second-order valence-corrected chi connectivity index (χ2v) is 5.56. The van der Waals surface area contributed by atoms with Crippen molar-refractivity contribution in [3.63, 3.8) is 0 Å². The van der Waals surface area contributed by atoms with Crippen LogP contribution in [0.15, 0.2) is 0 Å². The molecule has 19 heavy (non-hydrogen) atoms. The first-order valence-electron chi connectivity index (χ1n) is 7.78. The molecule has 2 aliphatic rings. The molecule has 0 atom stereocenters. The van der Waals surface area contributed by atoms with Crippen LogP contribution in [0, 0.1) is 0 Å². The quantitative estimate of drug-likeness (QED) is 0.743. The van der Waals surface area contributed by atoms with Gasteiger partial charge in [-0.15, -0.1) is 0 Å². The Kier molecular flexibility index (Phi) is 5.92. The molecule has 2 fully saturated rings. The van der Waals surface area contributed by atoms with E-state index in [4.69, 9.17) is 0 Å². The topological polar surface area (TPSA) is 38.8 Å². The van der Waals surface area contributed by atoms with Crippen molar-refractivity contribution in [2.24, 2.45) is 0 Å². The number of urea groups is 1. The van der Waals surface area contributed by atoms with Gasteiger partial charge in [0, 0.05) is 52.4 Å². The van der Waals surface area contributed by atoms with Crippen LogP contribution in [0.5, 0.6) is 0 Å². The third-order valence-corrected chi connectivity index (χ3v) is 4.07. The Hall–Kier alpha value is -0.810. The fraction of sp³-hybridized carbons (Fsp3) is 0.929. The number of nitrogens with zero attached hydrogens (tertiary/aromatic N) is 3. The number of nitrogens with one attached hydrogen (secondary N) is 1. The van der Waals surface area contributed by atoms with Gasteiger partial charge in [-0.05, 0) is 19.4 Å². The van der Waals surface area contributed by atoms with Crippen LogP contribution < -0.4 is 5.32 Å². The van der Waals surface area contributed by atoms with Gasteiger partial charge in [0.25, 0.3) is 0 Å². The zero-order chi connectivity index (χ0) is 13.5. The summed E-state index contributed by atoms with van der Waals surface area (Å²) in [7, 11) is 0. The maximum Gasteiger partial charge on any atom is 0.320 e. The number of piperazine rings is 1. The maximum atomic E-state index is 12.1. The van der Waals surface area contributed by atoms with Gasteiger partial charge in [0.15, 0.2) is 0 Å². The maximum absolute atomic E-state index is 12.1. The van der Waals surface area contributed by atoms with Crippen LogP contribution in [0.2, 0.25) is 0 Å². The van der Waals surface area contributed by atoms with Crippen molar-refractivity contribution >= 4 is 6.03 Å². The van der Waals surface area contributed by atoms with Crippen molar-refractivity contribution in [1.29, 1.82) is 0 Å². The summed E-state index contributed by atoms with van der Waals surface area (Å²) in [6, 6.07) is 0.258. The molecule has 0 radical (unpaired) electrons. The Balaban J connectivity index is 1.62. The smallest absolute Gasteiger partial charge is 0.320 e. The molecular formula is C14H28N4O. The SMILES string of the molecule is CCCCN1CCN(CCCN2CCNCC2)C1=O. The lowest BCUT2D eigenvalue weighted by molar-refractivity contribution is 0.185. The first-order valence-corrected chi connectivity index (χ1v) is 7.78. The predicted octanol–water partition coefficient (Wildman–Crippen LogP) is 0.819. The van der Waals surface area contributed by atoms with Crippen LogP contribution >= 0.6 is 0 Å². The number of hydrogen-bond donors (Lipinski definition) is 1. The van der Waals surface area contributed by atoms with Gasteiger partial charge >= 0.3 is 6.03 Å². The lowest BCUT2D eigenvalue weighted by atomic mass is 10.3. The van der Waals surface area contributed by atoms with Crippen LogP contribution in [0.3, 0.4) is 0 Å². The van der Waals surface area contributed by atoms with Crippen molar-refractivity contribution in [1.82, 2.24) is 20.0 Å². The molecular weight excluding hydrogens is 240 g/mol. The normalized spacial score (nSPS) is 21.4. The van der Waals surface area contributed by atoms with Crippen LogP contribution in [0.25, 0.3) is 0 Å². The molecule has 0 saturated carbocycles. The van der Waals surface area contributed by atoms with Crippen LogP contribution in [0.4, 0.5) is 4.79 Å². The van der Waals surface area contributed by atoms with Crippen molar-refractivity contribution < 1.29 is 4.79 Å².